The molecule has 0 heterocycles. The van der Waals surface area contributed by atoms with Crippen LogP contribution in [0, 0.1) is 0 Å². The molecule has 3 heteroatoms. The lowest BCUT2D eigenvalue weighted by Crippen LogP contribution is -2.31. The van der Waals surface area contributed by atoms with Gasteiger partial charge in [-0.25, -0.2) is 0 Å². The molecule has 1 N–H and O–H groups in total. The van der Waals surface area contributed by atoms with Gasteiger partial charge in [0.1, 0.15) is 0 Å². The third kappa shape index (κ3) is 4.70. The number of rotatable bonds is 8. The van der Waals surface area contributed by atoms with E-state index in [1.807, 2.05) is 6.07 Å². The van der Waals surface area contributed by atoms with Gasteiger partial charge < -0.3 is 10.2 Å². The van der Waals surface area contributed by atoms with E-state index in [4.69, 9.17) is 11.6 Å². The van der Waals surface area contributed by atoms with Crippen molar-refractivity contribution in [1.82, 2.24) is 5.32 Å². The van der Waals surface area contributed by atoms with Crippen molar-refractivity contribution in [3.05, 3.63) is 28.8 Å². The van der Waals surface area contributed by atoms with Crippen LogP contribution >= 0.6 is 11.6 Å². The number of hydrogen-bond acceptors (Lipinski definition) is 2. The minimum atomic E-state index is 0.589. The van der Waals surface area contributed by atoms with Crippen LogP contribution < -0.4 is 10.2 Å². The summed E-state index contributed by atoms with van der Waals surface area (Å²) in [5.74, 6) is 0. The van der Waals surface area contributed by atoms with Gasteiger partial charge in [0, 0.05) is 30.3 Å². The van der Waals surface area contributed by atoms with E-state index in [9.17, 15) is 0 Å². The van der Waals surface area contributed by atoms with Gasteiger partial charge in [-0.05, 0) is 49.6 Å². The molecule has 0 atom stereocenters. The van der Waals surface area contributed by atoms with Crippen LogP contribution in [0.2, 0.25) is 5.02 Å². The molecule has 0 aliphatic rings. The van der Waals surface area contributed by atoms with Gasteiger partial charge in [0.25, 0.3) is 0 Å². The molecule has 0 aliphatic heterocycles. The Balaban J connectivity index is 2.91. The highest BCUT2D eigenvalue weighted by Gasteiger charge is 2.14. The summed E-state index contributed by atoms with van der Waals surface area (Å²) in [5, 5.41) is 4.28. The standard InChI is InChI=1S/C16H27ClN2/c1-5-10-18-12-13-11-14(17)8-9-16(13)19(4)15(6-2)7-3/h8-9,11,15,18H,5-7,10,12H2,1-4H3. The van der Waals surface area contributed by atoms with Crippen molar-refractivity contribution in [2.45, 2.75) is 52.6 Å². The van der Waals surface area contributed by atoms with Crippen LogP contribution in [-0.4, -0.2) is 19.6 Å². The molecule has 1 aromatic rings. The molecule has 0 fully saturated rings. The molecule has 0 aromatic heterocycles. The van der Waals surface area contributed by atoms with E-state index in [0.717, 1.165) is 37.4 Å². The van der Waals surface area contributed by atoms with Crippen LogP contribution in [0.3, 0.4) is 0 Å². The van der Waals surface area contributed by atoms with Crippen LogP contribution in [0.4, 0.5) is 5.69 Å². The molecule has 0 unspecified atom stereocenters. The molecule has 0 aliphatic carbocycles. The second-order valence-corrected chi connectivity index (χ2v) is 5.47. The fourth-order valence-corrected chi connectivity index (χ4v) is 2.67. The third-order valence-corrected chi connectivity index (χ3v) is 3.89. The molecule has 0 bridgehead atoms. The summed E-state index contributed by atoms with van der Waals surface area (Å²) in [4.78, 5) is 2.39. The molecule has 2 nitrogen and oxygen atoms in total. The first-order valence-electron chi connectivity index (χ1n) is 7.35. The van der Waals surface area contributed by atoms with E-state index >= 15 is 0 Å². The van der Waals surface area contributed by atoms with Gasteiger partial charge in [-0.1, -0.05) is 32.4 Å². The van der Waals surface area contributed by atoms with Crippen LogP contribution in [0.25, 0.3) is 0 Å². The van der Waals surface area contributed by atoms with Crippen molar-refractivity contribution in [1.29, 1.82) is 0 Å². The number of hydrogen-bond donors (Lipinski definition) is 1. The first kappa shape index (κ1) is 16.3. The molecular weight excluding hydrogens is 256 g/mol. The fraction of sp³-hybridized carbons (Fsp3) is 0.625. The minimum absolute atomic E-state index is 0.589. The Hall–Kier alpha value is -0.730. The molecule has 0 saturated heterocycles. The van der Waals surface area contributed by atoms with E-state index < -0.39 is 0 Å². The summed E-state index contributed by atoms with van der Waals surface area (Å²) in [6.45, 7) is 8.60. The van der Waals surface area contributed by atoms with Crippen LogP contribution in [0.15, 0.2) is 18.2 Å². The van der Waals surface area contributed by atoms with Crippen LogP contribution in [0.5, 0.6) is 0 Å². The van der Waals surface area contributed by atoms with Crippen molar-refractivity contribution in [2.75, 3.05) is 18.5 Å². The van der Waals surface area contributed by atoms with Gasteiger partial charge in [-0.15, -0.1) is 0 Å². The van der Waals surface area contributed by atoms with E-state index in [-0.39, 0.29) is 0 Å². The maximum absolute atomic E-state index is 6.14. The maximum Gasteiger partial charge on any atom is 0.0412 e. The van der Waals surface area contributed by atoms with Crippen molar-refractivity contribution in [3.63, 3.8) is 0 Å². The van der Waals surface area contributed by atoms with Crippen LogP contribution in [-0.2, 0) is 6.54 Å². The van der Waals surface area contributed by atoms with Crippen LogP contribution in [0.1, 0.15) is 45.6 Å². The van der Waals surface area contributed by atoms with Crippen molar-refractivity contribution in [2.24, 2.45) is 0 Å². The van der Waals surface area contributed by atoms with E-state index in [2.05, 4.69) is 50.2 Å². The lowest BCUT2D eigenvalue weighted by atomic mass is 10.1. The molecule has 1 rings (SSSR count). The quantitative estimate of drug-likeness (QED) is 0.708. The molecule has 0 radical (unpaired) electrons. The number of halogens is 1. The molecule has 1 aromatic carbocycles. The summed E-state index contributed by atoms with van der Waals surface area (Å²) < 4.78 is 0. The SMILES string of the molecule is CCCNCc1cc(Cl)ccc1N(C)C(CC)CC. The van der Waals surface area contributed by atoms with Crippen molar-refractivity contribution >= 4 is 17.3 Å². The molecular formula is C16H27ClN2. The molecule has 0 spiro atoms. The zero-order valence-corrected chi connectivity index (χ0v) is 13.4. The van der Waals surface area contributed by atoms with Crippen molar-refractivity contribution in [3.8, 4) is 0 Å². The summed E-state index contributed by atoms with van der Waals surface area (Å²) >= 11 is 6.14. The normalized spacial score (nSPS) is 11.1. The van der Waals surface area contributed by atoms with E-state index in [1.165, 1.54) is 11.3 Å². The predicted molar refractivity (Wildman–Crippen MR) is 86.2 cm³/mol. The maximum atomic E-state index is 6.14. The number of anilines is 1. The molecule has 108 valence electrons. The van der Waals surface area contributed by atoms with Gasteiger partial charge in [-0.2, -0.15) is 0 Å². The Labute approximate surface area is 123 Å². The summed E-state index contributed by atoms with van der Waals surface area (Å²) in [7, 11) is 2.18. The monoisotopic (exact) mass is 282 g/mol. The lowest BCUT2D eigenvalue weighted by molar-refractivity contribution is 0.587. The number of benzene rings is 1. The smallest absolute Gasteiger partial charge is 0.0412 e. The second kappa shape index (κ2) is 8.44. The Morgan fingerprint density at radius 2 is 1.89 bits per heavy atom. The zero-order chi connectivity index (χ0) is 14.3. The Bertz CT molecular complexity index is 375. The number of nitrogens with one attached hydrogen (secondary N) is 1. The van der Waals surface area contributed by atoms with Crippen molar-refractivity contribution < 1.29 is 0 Å². The Kier molecular flexibility index (Phi) is 7.25. The topological polar surface area (TPSA) is 15.3 Å². The molecule has 19 heavy (non-hydrogen) atoms. The zero-order valence-electron chi connectivity index (χ0n) is 12.7. The highest BCUT2D eigenvalue weighted by atomic mass is 35.5. The molecule has 0 amide bonds. The van der Waals surface area contributed by atoms with Gasteiger partial charge >= 0.3 is 0 Å². The van der Waals surface area contributed by atoms with E-state index in [0.29, 0.717) is 6.04 Å². The minimum Gasteiger partial charge on any atom is -0.371 e. The Morgan fingerprint density at radius 1 is 1.21 bits per heavy atom. The number of nitrogens with zero attached hydrogens (tertiary/aromatic N) is 1. The van der Waals surface area contributed by atoms with Gasteiger partial charge in [0.15, 0.2) is 0 Å². The third-order valence-electron chi connectivity index (χ3n) is 3.65. The predicted octanol–water partition coefficient (Wildman–Crippen LogP) is 4.46. The average molecular weight is 283 g/mol. The summed E-state index contributed by atoms with van der Waals surface area (Å²) in [6, 6.07) is 6.80. The average Bonchev–Trinajstić information content (AvgIpc) is 2.40. The lowest BCUT2D eigenvalue weighted by Gasteiger charge is -2.30. The van der Waals surface area contributed by atoms with Gasteiger partial charge in [0.2, 0.25) is 0 Å². The molecule has 0 saturated carbocycles. The van der Waals surface area contributed by atoms with Gasteiger partial charge in [0.05, 0.1) is 0 Å². The summed E-state index contributed by atoms with van der Waals surface area (Å²) in [5.41, 5.74) is 2.58. The van der Waals surface area contributed by atoms with E-state index in [1.54, 1.807) is 0 Å². The fourth-order valence-electron chi connectivity index (χ4n) is 2.47. The first-order chi connectivity index (χ1) is 9.13. The Morgan fingerprint density at radius 3 is 2.47 bits per heavy atom. The first-order valence-corrected chi connectivity index (χ1v) is 7.73. The second-order valence-electron chi connectivity index (χ2n) is 5.03. The highest BCUT2D eigenvalue weighted by molar-refractivity contribution is 6.30. The highest BCUT2D eigenvalue weighted by Crippen LogP contribution is 2.26. The summed E-state index contributed by atoms with van der Waals surface area (Å²) in [6.07, 6.45) is 3.48. The van der Waals surface area contributed by atoms with Gasteiger partial charge in [-0.3, -0.25) is 0 Å². The largest absolute Gasteiger partial charge is 0.371 e.